The summed E-state index contributed by atoms with van der Waals surface area (Å²) in [5.41, 5.74) is 1.33. The number of hydrogen-bond donors (Lipinski definition) is 0. The maximum absolute atomic E-state index is 6.14. The topological polar surface area (TPSA) is 9.23 Å². The molecular formula is C19H26OS. The Bertz CT molecular complexity index is 487. The maximum atomic E-state index is 6.14. The van der Waals surface area contributed by atoms with Gasteiger partial charge in [0.1, 0.15) is 0 Å². The van der Waals surface area contributed by atoms with E-state index in [0.29, 0.717) is 5.25 Å². The molecular weight excluding hydrogens is 276 g/mol. The SMILES string of the molecule is C=C/C=C/C(C)(C)[C@H]1OCCC[C@@H]1Sc1ccc(C)cc1. The normalized spacial score (nSPS) is 23.4. The highest BCUT2D eigenvalue weighted by Gasteiger charge is 2.37. The van der Waals surface area contributed by atoms with Gasteiger partial charge in [0.15, 0.2) is 0 Å². The van der Waals surface area contributed by atoms with Gasteiger partial charge in [-0.25, -0.2) is 0 Å². The van der Waals surface area contributed by atoms with E-state index in [2.05, 4.69) is 57.7 Å². The number of benzene rings is 1. The van der Waals surface area contributed by atoms with E-state index in [1.807, 2.05) is 23.9 Å². The van der Waals surface area contributed by atoms with Gasteiger partial charge in [0.2, 0.25) is 0 Å². The van der Waals surface area contributed by atoms with Gasteiger partial charge in [-0.05, 0) is 31.9 Å². The summed E-state index contributed by atoms with van der Waals surface area (Å²) in [5, 5.41) is 0.505. The van der Waals surface area contributed by atoms with Crippen molar-refractivity contribution < 1.29 is 4.74 Å². The zero-order chi connectivity index (χ0) is 15.3. The van der Waals surface area contributed by atoms with E-state index in [4.69, 9.17) is 4.74 Å². The number of aryl methyl sites for hydroxylation is 1. The lowest BCUT2D eigenvalue weighted by Gasteiger charge is -2.40. The van der Waals surface area contributed by atoms with Crippen LogP contribution in [0.25, 0.3) is 0 Å². The summed E-state index contributed by atoms with van der Waals surface area (Å²) in [5.74, 6) is 0. The molecule has 0 unspecified atom stereocenters. The highest BCUT2D eigenvalue weighted by atomic mass is 32.2. The number of hydrogen-bond acceptors (Lipinski definition) is 2. The number of allylic oxidation sites excluding steroid dienone is 2. The van der Waals surface area contributed by atoms with Crippen molar-refractivity contribution in [2.75, 3.05) is 6.61 Å². The molecule has 1 aromatic carbocycles. The highest BCUT2D eigenvalue weighted by molar-refractivity contribution is 8.00. The Labute approximate surface area is 133 Å². The minimum absolute atomic E-state index is 0.0248. The molecule has 0 spiro atoms. The Hall–Kier alpha value is -0.990. The van der Waals surface area contributed by atoms with Gasteiger partial charge in [-0.3, -0.25) is 0 Å². The van der Waals surface area contributed by atoms with Crippen molar-refractivity contribution in [2.45, 2.75) is 49.9 Å². The molecule has 0 aromatic heterocycles. The van der Waals surface area contributed by atoms with Crippen LogP contribution in [0.2, 0.25) is 0 Å². The third-order valence-corrected chi connectivity index (χ3v) is 5.30. The summed E-state index contributed by atoms with van der Waals surface area (Å²) in [6.45, 7) is 11.3. The Morgan fingerprint density at radius 3 is 2.67 bits per heavy atom. The van der Waals surface area contributed by atoms with Crippen molar-refractivity contribution >= 4 is 11.8 Å². The van der Waals surface area contributed by atoms with Crippen LogP contribution < -0.4 is 0 Å². The van der Waals surface area contributed by atoms with Crippen LogP contribution in [0.4, 0.5) is 0 Å². The minimum atomic E-state index is 0.0248. The first kappa shape index (κ1) is 16.4. The molecule has 2 heteroatoms. The smallest absolute Gasteiger partial charge is 0.0782 e. The summed E-state index contributed by atoms with van der Waals surface area (Å²) in [6, 6.07) is 8.81. The molecule has 114 valence electrons. The fourth-order valence-electron chi connectivity index (χ4n) is 2.77. The summed E-state index contributed by atoms with van der Waals surface area (Å²) in [7, 11) is 0. The molecule has 1 aliphatic heterocycles. The molecule has 0 bridgehead atoms. The van der Waals surface area contributed by atoms with E-state index in [0.717, 1.165) is 13.0 Å². The lowest BCUT2D eigenvalue weighted by atomic mass is 9.82. The van der Waals surface area contributed by atoms with E-state index >= 15 is 0 Å². The molecule has 1 nitrogen and oxygen atoms in total. The third-order valence-electron chi connectivity index (χ3n) is 3.97. The second-order valence-corrected chi connectivity index (χ2v) is 7.63. The molecule has 2 atom stereocenters. The Morgan fingerprint density at radius 1 is 1.29 bits per heavy atom. The first-order valence-corrected chi connectivity index (χ1v) is 8.56. The monoisotopic (exact) mass is 302 g/mol. The van der Waals surface area contributed by atoms with Crippen molar-refractivity contribution in [1.82, 2.24) is 0 Å². The van der Waals surface area contributed by atoms with Crippen LogP contribution in [0.15, 0.2) is 54.0 Å². The molecule has 21 heavy (non-hydrogen) atoms. The summed E-state index contributed by atoms with van der Waals surface area (Å²) < 4.78 is 6.14. The molecule has 0 N–H and O–H groups in total. The average Bonchev–Trinajstić information content (AvgIpc) is 2.48. The summed E-state index contributed by atoms with van der Waals surface area (Å²) >= 11 is 1.96. The molecule has 1 aromatic rings. The molecule has 1 saturated heterocycles. The maximum Gasteiger partial charge on any atom is 0.0782 e. The molecule has 0 aliphatic carbocycles. The lowest BCUT2D eigenvalue weighted by Crippen LogP contribution is -2.42. The lowest BCUT2D eigenvalue weighted by molar-refractivity contribution is -0.0317. The molecule has 0 amide bonds. The zero-order valence-electron chi connectivity index (χ0n) is 13.3. The van der Waals surface area contributed by atoms with Gasteiger partial charge >= 0.3 is 0 Å². The van der Waals surface area contributed by atoms with Gasteiger partial charge in [-0.15, -0.1) is 11.8 Å². The predicted octanol–water partition coefficient (Wildman–Crippen LogP) is 5.40. The zero-order valence-corrected chi connectivity index (χ0v) is 14.2. The molecule has 1 fully saturated rings. The summed E-state index contributed by atoms with van der Waals surface area (Å²) in [4.78, 5) is 1.34. The third kappa shape index (κ3) is 4.49. The molecule has 1 heterocycles. The van der Waals surface area contributed by atoms with Crippen molar-refractivity contribution in [3.63, 3.8) is 0 Å². The van der Waals surface area contributed by atoms with Gasteiger partial charge in [0, 0.05) is 22.2 Å². The van der Waals surface area contributed by atoms with Gasteiger partial charge in [-0.1, -0.05) is 56.4 Å². The van der Waals surface area contributed by atoms with E-state index < -0.39 is 0 Å². The predicted molar refractivity (Wildman–Crippen MR) is 92.9 cm³/mol. The van der Waals surface area contributed by atoms with E-state index in [1.165, 1.54) is 16.9 Å². The number of rotatable bonds is 5. The van der Waals surface area contributed by atoms with Gasteiger partial charge in [-0.2, -0.15) is 0 Å². The van der Waals surface area contributed by atoms with Crippen molar-refractivity contribution in [3.05, 3.63) is 54.6 Å². The first-order valence-electron chi connectivity index (χ1n) is 7.68. The van der Waals surface area contributed by atoms with Gasteiger partial charge in [0.05, 0.1) is 6.10 Å². The number of thioether (sulfide) groups is 1. The van der Waals surface area contributed by atoms with Crippen LogP contribution in [0.3, 0.4) is 0 Å². The first-order chi connectivity index (χ1) is 10.0. The van der Waals surface area contributed by atoms with Crippen molar-refractivity contribution in [1.29, 1.82) is 0 Å². The van der Waals surface area contributed by atoms with Crippen LogP contribution in [0, 0.1) is 12.3 Å². The molecule has 0 saturated carbocycles. The second-order valence-electron chi connectivity index (χ2n) is 6.32. The van der Waals surface area contributed by atoms with Gasteiger partial charge < -0.3 is 4.74 Å². The Balaban J connectivity index is 2.13. The Morgan fingerprint density at radius 2 is 2.00 bits per heavy atom. The molecule has 2 rings (SSSR count). The van der Waals surface area contributed by atoms with Crippen LogP contribution in [0.5, 0.6) is 0 Å². The fraction of sp³-hybridized carbons (Fsp3) is 0.474. The Kier molecular flexibility index (Phi) is 5.72. The molecule has 0 radical (unpaired) electrons. The van der Waals surface area contributed by atoms with Crippen LogP contribution in [-0.4, -0.2) is 18.0 Å². The number of ether oxygens (including phenoxy) is 1. The standard InChI is InChI=1S/C19H26OS/c1-5-6-13-19(3,4)18-17(8-7-14-20-18)21-16-11-9-15(2)10-12-16/h5-6,9-13,17-18H,1,7-8,14H2,2-4H3/b13-6+/t17-,18-/m0/s1. The van der Waals surface area contributed by atoms with E-state index in [9.17, 15) is 0 Å². The molecule has 1 aliphatic rings. The summed E-state index contributed by atoms with van der Waals surface area (Å²) in [6.07, 6.45) is 8.71. The quantitative estimate of drug-likeness (QED) is 0.673. The largest absolute Gasteiger partial charge is 0.376 e. The highest BCUT2D eigenvalue weighted by Crippen LogP contribution is 2.40. The van der Waals surface area contributed by atoms with Crippen LogP contribution >= 0.6 is 11.8 Å². The fourth-order valence-corrected chi connectivity index (χ4v) is 4.25. The van der Waals surface area contributed by atoms with Gasteiger partial charge in [0.25, 0.3) is 0 Å². The van der Waals surface area contributed by atoms with Crippen LogP contribution in [0.1, 0.15) is 32.3 Å². The van der Waals surface area contributed by atoms with E-state index in [-0.39, 0.29) is 11.5 Å². The van der Waals surface area contributed by atoms with Crippen LogP contribution in [-0.2, 0) is 4.74 Å². The average molecular weight is 302 g/mol. The second kappa shape index (κ2) is 7.33. The minimum Gasteiger partial charge on any atom is -0.376 e. The van der Waals surface area contributed by atoms with Crippen molar-refractivity contribution in [2.24, 2.45) is 5.41 Å². The van der Waals surface area contributed by atoms with Crippen molar-refractivity contribution in [3.8, 4) is 0 Å². The van der Waals surface area contributed by atoms with E-state index in [1.54, 1.807) is 0 Å².